The van der Waals surface area contributed by atoms with Gasteiger partial charge in [0.15, 0.2) is 0 Å². The Bertz CT molecular complexity index is 1030. The Morgan fingerprint density at radius 2 is 1.89 bits per heavy atom. The number of nitrogens with two attached hydrogens (primary N) is 1. The number of allylic oxidation sites excluding steroid dienone is 2. The Morgan fingerprint density at radius 3 is 2.50 bits per heavy atom. The maximum atomic E-state index is 14.5. The number of nitrogens with zero attached hydrogens (tertiary/aromatic N) is 2. The van der Waals surface area contributed by atoms with Crippen molar-refractivity contribution in [2.45, 2.75) is 27.2 Å². The van der Waals surface area contributed by atoms with Crippen molar-refractivity contribution in [2.75, 3.05) is 5.73 Å². The highest BCUT2D eigenvalue weighted by Gasteiger charge is 2.23. The lowest BCUT2D eigenvalue weighted by molar-refractivity contribution is 0.623. The molecule has 1 aliphatic rings. The summed E-state index contributed by atoms with van der Waals surface area (Å²) in [5.74, 6) is -0.325. The highest BCUT2D eigenvalue weighted by atomic mass is 32.2. The fraction of sp³-hybridized carbons (Fsp3) is 0.174. The van der Waals surface area contributed by atoms with E-state index in [1.165, 1.54) is 11.6 Å². The summed E-state index contributed by atoms with van der Waals surface area (Å²) >= 11 is 1.57. The second kappa shape index (κ2) is 8.37. The third kappa shape index (κ3) is 3.83. The van der Waals surface area contributed by atoms with Gasteiger partial charge in [-0.2, -0.15) is 5.26 Å². The van der Waals surface area contributed by atoms with E-state index in [0.29, 0.717) is 16.8 Å². The highest BCUT2D eigenvalue weighted by molar-refractivity contribution is 8.06. The van der Waals surface area contributed by atoms with Crippen LogP contribution in [0.2, 0.25) is 0 Å². The van der Waals surface area contributed by atoms with Crippen molar-refractivity contribution < 1.29 is 4.39 Å². The second-order valence-corrected chi connectivity index (χ2v) is 7.51. The molecule has 0 saturated heterocycles. The van der Waals surface area contributed by atoms with Gasteiger partial charge in [-0.25, -0.2) is 4.39 Å². The van der Waals surface area contributed by atoms with E-state index < -0.39 is 0 Å². The number of nitrogen functional groups attached to an aromatic ring is 1. The summed E-state index contributed by atoms with van der Waals surface area (Å²) in [6.07, 6.45) is 2.89. The van der Waals surface area contributed by atoms with E-state index in [1.54, 1.807) is 23.9 Å². The Kier molecular flexibility index (Phi) is 5.91. The molecule has 0 bridgehead atoms. The molecule has 0 atom stereocenters. The molecule has 0 unspecified atom stereocenters. The lowest BCUT2D eigenvalue weighted by atomic mass is 10.0. The van der Waals surface area contributed by atoms with Gasteiger partial charge in [-0.05, 0) is 72.7 Å². The van der Waals surface area contributed by atoms with Crippen molar-refractivity contribution in [3.8, 4) is 6.07 Å². The smallest absolute Gasteiger partial charge is 0.132 e. The predicted octanol–water partition coefficient (Wildman–Crippen LogP) is 6.33. The maximum absolute atomic E-state index is 14.5. The van der Waals surface area contributed by atoms with Gasteiger partial charge in [0.2, 0.25) is 0 Å². The van der Waals surface area contributed by atoms with E-state index in [2.05, 4.69) is 24.8 Å². The van der Waals surface area contributed by atoms with Crippen LogP contribution in [0.5, 0.6) is 0 Å². The lowest BCUT2D eigenvalue weighted by Gasteiger charge is -2.26. The quantitative estimate of drug-likeness (QED) is 0.619. The van der Waals surface area contributed by atoms with Crippen LogP contribution in [0, 0.1) is 17.1 Å². The number of hydrogen-bond donors (Lipinski definition) is 1. The number of thioether (sulfide) groups is 1. The summed E-state index contributed by atoms with van der Waals surface area (Å²) in [7, 11) is 0. The molecule has 1 aliphatic heterocycles. The monoisotopic (exact) mass is 391 g/mol. The first-order chi connectivity index (χ1) is 13.5. The first-order valence-electron chi connectivity index (χ1n) is 9.05. The van der Waals surface area contributed by atoms with E-state index in [4.69, 9.17) is 11.0 Å². The normalized spacial score (nSPS) is 16.0. The number of nitriles is 1. The predicted molar refractivity (Wildman–Crippen MR) is 116 cm³/mol. The average molecular weight is 392 g/mol. The van der Waals surface area contributed by atoms with Crippen LogP contribution in [0.15, 0.2) is 64.7 Å². The molecule has 2 N–H and O–H groups in total. The highest BCUT2D eigenvalue weighted by Crippen LogP contribution is 2.42. The lowest BCUT2D eigenvalue weighted by Crippen LogP contribution is -2.14. The summed E-state index contributed by atoms with van der Waals surface area (Å²) in [5.41, 5.74) is 11.4. The summed E-state index contributed by atoms with van der Waals surface area (Å²) in [6.45, 7) is 6.14. The molecule has 0 aliphatic carbocycles. The number of hydrogen-bond acceptors (Lipinski definition) is 4. The molecular weight excluding hydrogens is 369 g/mol. The molecule has 0 radical (unpaired) electrons. The third-order valence-electron chi connectivity index (χ3n) is 4.79. The van der Waals surface area contributed by atoms with Crippen molar-refractivity contribution in [1.29, 1.82) is 5.26 Å². The molecule has 1 heterocycles. The van der Waals surface area contributed by atoms with Crippen LogP contribution < -0.4 is 5.73 Å². The molecule has 142 valence electrons. The molecule has 2 aromatic rings. The van der Waals surface area contributed by atoms with Gasteiger partial charge in [0, 0.05) is 17.5 Å². The van der Waals surface area contributed by atoms with Gasteiger partial charge in [-0.15, -0.1) is 0 Å². The fourth-order valence-electron chi connectivity index (χ4n) is 3.14. The number of benzene rings is 2. The summed E-state index contributed by atoms with van der Waals surface area (Å²) in [5, 5.41) is 12.0. The third-order valence-corrected chi connectivity index (χ3v) is 5.77. The fourth-order valence-corrected chi connectivity index (χ4v) is 4.00. The van der Waals surface area contributed by atoms with Crippen molar-refractivity contribution >= 4 is 28.7 Å². The van der Waals surface area contributed by atoms with Crippen molar-refractivity contribution in [3.05, 3.63) is 87.2 Å². The van der Waals surface area contributed by atoms with Gasteiger partial charge >= 0.3 is 0 Å². The van der Waals surface area contributed by atoms with Gasteiger partial charge in [-0.1, -0.05) is 30.8 Å². The molecule has 5 heteroatoms. The standard InChI is InChI=1S/C23H22FN3S/c1-4-15(2)22(18-7-5-17(14-25)6-8-18)27-11-12-28-23(27)16(3)20-10-9-19(26)13-21(20)24/h5-13H,4,26H2,1-3H3/b22-15?,23-16-. The molecule has 0 amide bonds. The van der Waals surface area contributed by atoms with Crippen LogP contribution in [0.4, 0.5) is 10.1 Å². The molecular formula is C23H22FN3S. The molecule has 0 spiro atoms. The van der Waals surface area contributed by atoms with E-state index >= 15 is 0 Å². The molecule has 0 fully saturated rings. The SMILES string of the molecule is CCC(C)=C(c1ccc(C#N)cc1)N1C=CS/C1=C(/C)c1ccc(N)cc1F. The Balaban J connectivity index is 2.11. The number of rotatable bonds is 4. The van der Waals surface area contributed by atoms with Crippen LogP contribution in [0.25, 0.3) is 11.3 Å². The molecule has 0 aromatic heterocycles. The topological polar surface area (TPSA) is 53.0 Å². The summed E-state index contributed by atoms with van der Waals surface area (Å²) in [4.78, 5) is 2.11. The summed E-state index contributed by atoms with van der Waals surface area (Å²) in [6, 6.07) is 14.5. The van der Waals surface area contributed by atoms with Crippen molar-refractivity contribution in [1.82, 2.24) is 4.90 Å². The molecule has 3 rings (SSSR count). The minimum absolute atomic E-state index is 0.325. The second-order valence-electron chi connectivity index (χ2n) is 6.61. The zero-order valence-corrected chi connectivity index (χ0v) is 17.0. The van der Waals surface area contributed by atoms with E-state index in [0.717, 1.165) is 28.3 Å². The zero-order chi connectivity index (χ0) is 20.3. The van der Waals surface area contributed by atoms with Gasteiger partial charge in [0.25, 0.3) is 0 Å². The van der Waals surface area contributed by atoms with E-state index in [1.807, 2.05) is 42.8 Å². The van der Waals surface area contributed by atoms with Crippen molar-refractivity contribution in [3.63, 3.8) is 0 Å². The van der Waals surface area contributed by atoms with Gasteiger partial charge in [0.05, 0.1) is 22.4 Å². The minimum atomic E-state index is -0.325. The first-order valence-corrected chi connectivity index (χ1v) is 9.93. The maximum Gasteiger partial charge on any atom is 0.132 e. The van der Waals surface area contributed by atoms with Crippen LogP contribution in [-0.4, -0.2) is 4.90 Å². The van der Waals surface area contributed by atoms with Crippen LogP contribution >= 0.6 is 11.8 Å². The van der Waals surface area contributed by atoms with Gasteiger partial charge in [0.1, 0.15) is 5.82 Å². The molecule has 0 saturated carbocycles. The zero-order valence-electron chi connectivity index (χ0n) is 16.2. The van der Waals surface area contributed by atoms with Crippen LogP contribution in [0.3, 0.4) is 0 Å². The van der Waals surface area contributed by atoms with Crippen LogP contribution in [0.1, 0.15) is 43.9 Å². The average Bonchev–Trinajstić information content (AvgIpc) is 3.17. The first kappa shape index (κ1) is 19.8. The number of anilines is 1. The summed E-state index contributed by atoms with van der Waals surface area (Å²) < 4.78 is 14.5. The Labute approximate surface area is 169 Å². The molecule has 2 aromatic carbocycles. The van der Waals surface area contributed by atoms with Crippen LogP contribution in [-0.2, 0) is 0 Å². The molecule has 3 nitrogen and oxygen atoms in total. The van der Waals surface area contributed by atoms with E-state index in [9.17, 15) is 4.39 Å². The van der Waals surface area contributed by atoms with Crippen molar-refractivity contribution in [2.24, 2.45) is 0 Å². The van der Waals surface area contributed by atoms with Gasteiger partial charge < -0.3 is 10.6 Å². The van der Waals surface area contributed by atoms with E-state index in [-0.39, 0.29) is 5.82 Å². The molecule has 28 heavy (non-hydrogen) atoms. The number of halogens is 1. The van der Waals surface area contributed by atoms with Gasteiger partial charge in [-0.3, -0.25) is 0 Å². The minimum Gasteiger partial charge on any atom is -0.399 e. The Morgan fingerprint density at radius 1 is 1.18 bits per heavy atom. The Hall–Kier alpha value is -2.97. The largest absolute Gasteiger partial charge is 0.399 e.